The van der Waals surface area contributed by atoms with Crippen LogP contribution in [0, 0.1) is 0 Å². The number of nitrogens with one attached hydrogen (secondary N) is 1. The number of rotatable bonds is 3. The number of alkyl halides is 1. The molecule has 1 atom stereocenters. The predicted octanol–water partition coefficient (Wildman–Crippen LogP) is 2.60. The van der Waals surface area contributed by atoms with Crippen LogP contribution >= 0.6 is 40.7 Å². The van der Waals surface area contributed by atoms with Crippen molar-refractivity contribution in [1.82, 2.24) is 15.2 Å². The van der Waals surface area contributed by atoms with Gasteiger partial charge in [-0.15, -0.1) is 24.8 Å². The molecule has 0 bridgehead atoms. The third-order valence-electron chi connectivity index (χ3n) is 2.83. The number of hydrogen-bond donors (Lipinski definition) is 1. The average Bonchev–Trinajstić information content (AvgIpc) is 2.34. The van der Waals surface area contributed by atoms with Gasteiger partial charge in [-0.1, -0.05) is 0 Å². The van der Waals surface area contributed by atoms with E-state index in [-0.39, 0.29) is 37.5 Å². The summed E-state index contributed by atoms with van der Waals surface area (Å²) in [7, 11) is 0. The highest BCUT2D eigenvalue weighted by Crippen LogP contribution is 2.21. The Bertz CT molecular complexity index is 334. The monoisotopic (exact) mass is 359 g/mol. The van der Waals surface area contributed by atoms with Crippen molar-refractivity contribution in [3.8, 4) is 0 Å². The summed E-state index contributed by atoms with van der Waals surface area (Å²) in [5.74, 6) is 0. The van der Waals surface area contributed by atoms with E-state index in [0.717, 1.165) is 36.3 Å². The second-order valence-corrected chi connectivity index (χ2v) is 4.77. The largest absolute Gasteiger partial charge is 0.314 e. The van der Waals surface area contributed by atoms with Crippen molar-refractivity contribution >= 4 is 40.7 Å². The minimum Gasteiger partial charge on any atom is -0.314 e. The van der Waals surface area contributed by atoms with Crippen LogP contribution in [0.4, 0.5) is 4.39 Å². The van der Waals surface area contributed by atoms with Crippen LogP contribution in [-0.4, -0.2) is 42.7 Å². The fourth-order valence-corrected chi connectivity index (χ4v) is 2.18. The molecular weight excluding hydrogens is 344 g/mol. The molecular formula is C11H17BrCl2FN3. The molecule has 3 nitrogen and oxygen atoms in total. The van der Waals surface area contributed by atoms with Crippen LogP contribution in [0.25, 0.3) is 0 Å². The molecule has 2 heterocycles. The Balaban J connectivity index is 0.00000144. The first kappa shape index (κ1) is 18.1. The van der Waals surface area contributed by atoms with E-state index < -0.39 is 0 Å². The Hall–Kier alpha value is 0.0600. The number of hydrogen-bond acceptors (Lipinski definition) is 3. The summed E-state index contributed by atoms with van der Waals surface area (Å²) in [4.78, 5) is 6.42. The van der Waals surface area contributed by atoms with E-state index in [2.05, 4.69) is 31.1 Å². The van der Waals surface area contributed by atoms with Crippen molar-refractivity contribution in [1.29, 1.82) is 0 Å². The number of aromatic nitrogens is 1. The van der Waals surface area contributed by atoms with Gasteiger partial charge in [0.25, 0.3) is 0 Å². The number of pyridine rings is 1. The molecule has 0 unspecified atom stereocenters. The minimum atomic E-state index is -0.380. The fraction of sp³-hybridized carbons (Fsp3) is 0.545. The minimum absolute atomic E-state index is 0. The van der Waals surface area contributed by atoms with Gasteiger partial charge >= 0.3 is 0 Å². The predicted molar refractivity (Wildman–Crippen MR) is 79.6 cm³/mol. The van der Waals surface area contributed by atoms with Crippen LogP contribution < -0.4 is 5.32 Å². The first-order valence-electron chi connectivity index (χ1n) is 5.43. The molecule has 0 amide bonds. The molecule has 104 valence electrons. The second-order valence-electron chi connectivity index (χ2n) is 3.86. The van der Waals surface area contributed by atoms with Crippen molar-refractivity contribution < 1.29 is 4.39 Å². The lowest BCUT2D eigenvalue weighted by Crippen LogP contribution is -2.45. The summed E-state index contributed by atoms with van der Waals surface area (Å²) < 4.78 is 14.0. The van der Waals surface area contributed by atoms with Gasteiger partial charge in [0.05, 0.1) is 11.7 Å². The Labute approximate surface area is 127 Å². The SMILES string of the molecule is Cl.Cl.FC[C@@H](c1ccc(Br)cn1)N1CCNCC1. The number of halogens is 4. The maximum absolute atomic E-state index is 13.1. The highest BCUT2D eigenvalue weighted by molar-refractivity contribution is 9.10. The number of nitrogens with zero attached hydrogens (tertiary/aromatic N) is 2. The van der Waals surface area contributed by atoms with Crippen LogP contribution in [0.1, 0.15) is 11.7 Å². The molecule has 0 spiro atoms. The van der Waals surface area contributed by atoms with Gasteiger partial charge in [0.1, 0.15) is 6.67 Å². The lowest BCUT2D eigenvalue weighted by atomic mass is 10.1. The third-order valence-corrected chi connectivity index (χ3v) is 3.30. The Morgan fingerprint density at radius 2 is 2.00 bits per heavy atom. The van der Waals surface area contributed by atoms with Gasteiger partial charge in [0, 0.05) is 36.8 Å². The number of piperazine rings is 1. The molecule has 0 aromatic carbocycles. The highest BCUT2D eigenvalue weighted by atomic mass is 79.9. The molecule has 7 heteroatoms. The van der Waals surface area contributed by atoms with Crippen LogP contribution in [-0.2, 0) is 0 Å². The van der Waals surface area contributed by atoms with Crippen LogP contribution in [0.2, 0.25) is 0 Å². The Kier molecular flexibility index (Phi) is 9.07. The first-order chi connectivity index (χ1) is 7.81. The van der Waals surface area contributed by atoms with Gasteiger partial charge in [-0.2, -0.15) is 0 Å². The molecule has 1 N–H and O–H groups in total. The molecule has 18 heavy (non-hydrogen) atoms. The van der Waals surface area contributed by atoms with E-state index in [0.29, 0.717) is 0 Å². The van der Waals surface area contributed by atoms with Crippen LogP contribution in [0.3, 0.4) is 0 Å². The van der Waals surface area contributed by atoms with Crippen molar-refractivity contribution in [3.05, 3.63) is 28.5 Å². The van der Waals surface area contributed by atoms with Gasteiger partial charge in [-0.25, -0.2) is 4.39 Å². The normalized spacial score (nSPS) is 17.4. The van der Waals surface area contributed by atoms with E-state index in [1.165, 1.54) is 0 Å². The average molecular weight is 361 g/mol. The molecule has 1 aliphatic rings. The van der Waals surface area contributed by atoms with E-state index >= 15 is 0 Å². The van der Waals surface area contributed by atoms with Gasteiger partial charge in [-0.05, 0) is 28.1 Å². The third kappa shape index (κ3) is 4.63. The lowest BCUT2D eigenvalue weighted by Gasteiger charge is -2.33. The van der Waals surface area contributed by atoms with Crippen molar-refractivity contribution in [2.45, 2.75) is 6.04 Å². The van der Waals surface area contributed by atoms with E-state index in [1.54, 1.807) is 6.20 Å². The smallest absolute Gasteiger partial charge is 0.111 e. The highest BCUT2D eigenvalue weighted by Gasteiger charge is 2.22. The zero-order valence-corrected chi connectivity index (χ0v) is 13.0. The summed E-state index contributed by atoms with van der Waals surface area (Å²) in [5, 5.41) is 3.26. The van der Waals surface area contributed by atoms with Gasteiger partial charge < -0.3 is 5.32 Å². The topological polar surface area (TPSA) is 28.2 Å². The maximum atomic E-state index is 13.1. The molecule has 1 fully saturated rings. The molecule has 1 aromatic rings. The quantitative estimate of drug-likeness (QED) is 0.897. The van der Waals surface area contributed by atoms with E-state index in [4.69, 9.17) is 0 Å². The maximum Gasteiger partial charge on any atom is 0.111 e. The second kappa shape index (κ2) is 9.04. The van der Waals surface area contributed by atoms with Gasteiger partial charge in [-0.3, -0.25) is 9.88 Å². The summed E-state index contributed by atoms with van der Waals surface area (Å²) in [6.45, 7) is 3.23. The lowest BCUT2D eigenvalue weighted by molar-refractivity contribution is 0.144. The van der Waals surface area contributed by atoms with Crippen molar-refractivity contribution in [3.63, 3.8) is 0 Å². The van der Waals surface area contributed by atoms with Gasteiger partial charge in [0.15, 0.2) is 0 Å². The molecule has 1 aliphatic heterocycles. The first-order valence-corrected chi connectivity index (χ1v) is 6.23. The molecule has 0 radical (unpaired) electrons. The fourth-order valence-electron chi connectivity index (χ4n) is 1.94. The molecule has 0 aliphatic carbocycles. The Morgan fingerprint density at radius 3 is 2.50 bits per heavy atom. The zero-order valence-electron chi connectivity index (χ0n) is 9.81. The summed E-state index contributed by atoms with van der Waals surface area (Å²) in [6, 6.07) is 3.60. The van der Waals surface area contributed by atoms with E-state index in [1.807, 2.05) is 12.1 Å². The molecule has 0 saturated carbocycles. The van der Waals surface area contributed by atoms with Crippen LogP contribution in [0.5, 0.6) is 0 Å². The summed E-state index contributed by atoms with van der Waals surface area (Å²) in [5.41, 5.74) is 0.813. The zero-order chi connectivity index (χ0) is 11.4. The molecule has 1 aromatic heterocycles. The standard InChI is InChI=1S/C11H15BrFN3.2ClH/c12-9-1-2-10(15-8-9)11(7-13)16-5-3-14-4-6-16;;/h1-2,8,11,14H,3-7H2;2*1H/t11-;;/m0../s1. The van der Waals surface area contributed by atoms with E-state index in [9.17, 15) is 4.39 Å². The molecule has 2 rings (SSSR count). The van der Waals surface area contributed by atoms with Crippen molar-refractivity contribution in [2.75, 3.05) is 32.9 Å². The summed E-state index contributed by atoms with van der Waals surface area (Å²) >= 11 is 3.33. The molecule has 1 saturated heterocycles. The van der Waals surface area contributed by atoms with Crippen LogP contribution in [0.15, 0.2) is 22.8 Å². The summed E-state index contributed by atoms with van der Waals surface area (Å²) in [6.07, 6.45) is 1.72. The van der Waals surface area contributed by atoms with Gasteiger partial charge in [0.2, 0.25) is 0 Å². The Morgan fingerprint density at radius 1 is 1.33 bits per heavy atom. The van der Waals surface area contributed by atoms with Crippen molar-refractivity contribution in [2.24, 2.45) is 0 Å².